The third-order valence-electron chi connectivity index (χ3n) is 1.52. The van der Waals surface area contributed by atoms with Crippen LogP contribution in [0.2, 0.25) is 0 Å². The van der Waals surface area contributed by atoms with Crippen LogP contribution in [0, 0.1) is 6.92 Å². The third-order valence-corrected chi connectivity index (χ3v) is 1.83. The molecule has 0 amide bonds. The number of aryl methyl sites for hydroxylation is 1. The number of nitrogens with zero attached hydrogens (tertiary/aromatic N) is 3. The summed E-state index contributed by atoms with van der Waals surface area (Å²) in [6.45, 7) is 1.86. The molecule has 1 heterocycles. The monoisotopic (exact) mass is 298 g/mol. The Hall–Kier alpha value is -0.256. The van der Waals surface area contributed by atoms with E-state index in [9.17, 15) is 0 Å². The summed E-state index contributed by atoms with van der Waals surface area (Å²) in [5.74, 6) is 0. The molecule has 0 saturated heterocycles. The first kappa shape index (κ1) is 14.7. The van der Waals surface area contributed by atoms with E-state index in [1.54, 1.807) is 19.3 Å². The molecule has 0 atom stereocenters. The van der Waals surface area contributed by atoms with Crippen LogP contribution in [0.4, 0.5) is 0 Å². The van der Waals surface area contributed by atoms with Gasteiger partial charge < -0.3 is 22.7 Å². The molecule has 0 aliphatic heterocycles. The molecular formula is C9H11N3OSY-2. The standard InChI is InChI=1S/C9H12N3OS.Y/c1-6-4-7(8(14)5-10-2)12-9(11-6)13-3;/h4-5H,1-3H3,(H-,10,11,12,14);/q-1;/p-1. The van der Waals surface area contributed by atoms with Crippen molar-refractivity contribution in [1.82, 2.24) is 9.97 Å². The van der Waals surface area contributed by atoms with Gasteiger partial charge in [-0.1, -0.05) is 0 Å². The van der Waals surface area contributed by atoms with Gasteiger partial charge in [-0.15, -0.1) is 7.05 Å². The van der Waals surface area contributed by atoms with E-state index in [-0.39, 0.29) is 32.7 Å². The number of aromatic nitrogens is 2. The van der Waals surface area contributed by atoms with Crippen LogP contribution in [0.5, 0.6) is 6.01 Å². The molecule has 1 rings (SSSR count). The SMILES string of the molecule is C[N-]/C=C(\[S-])c1cc(C)nc(OC)n1.[Y]. The molecule has 0 aliphatic carbocycles. The summed E-state index contributed by atoms with van der Waals surface area (Å²) < 4.78 is 4.94. The van der Waals surface area contributed by atoms with E-state index in [0.717, 1.165) is 5.69 Å². The van der Waals surface area contributed by atoms with Gasteiger partial charge in [0.05, 0.1) is 7.11 Å². The number of hydrogen-bond donors (Lipinski definition) is 0. The summed E-state index contributed by atoms with van der Waals surface area (Å²) in [6.07, 6.45) is 1.58. The Labute approximate surface area is 120 Å². The molecule has 0 unspecified atom stereocenters. The molecule has 0 bridgehead atoms. The molecule has 1 aromatic heterocycles. The molecule has 79 valence electrons. The van der Waals surface area contributed by atoms with Gasteiger partial charge in [-0.05, 0) is 13.0 Å². The van der Waals surface area contributed by atoms with Crippen molar-refractivity contribution < 1.29 is 37.4 Å². The minimum absolute atomic E-state index is 0. The van der Waals surface area contributed by atoms with Gasteiger partial charge in [0.2, 0.25) is 0 Å². The Morgan fingerprint density at radius 1 is 1.53 bits per heavy atom. The van der Waals surface area contributed by atoms with Gasteiger partial charge in [0, 0.05) is 44.1 Å². The van der Waals surface area contributed by atoms with Crippen LogP contribution in [0.15, 0.2) is 12.3 Å². The van der Waals surface area contributed by atoms with Crippen LogP contribution >= 0.6 is 0 Å². The molecule has 6 heteroatoms. The first-order valence-electron chi connectivity index (χ1n) is 4.03. The molecule has 0 saturated carbocycles. The number of ether oxygens (including phenoxy) is 1. The zero-order chi connectivity index (χ0) is 10.6. The van der Waals surface area contributed by atoms with E-state index in [1.807, 2.05) is 6.92 Å². The van der Waals surface area contributed by atoms with Crippen molar-refractivity contribution in [1.29, 1.82) is 0 Å². The van der Waals surface area contributed by atoms with Crippen molar-refractivity contribution in [3.05, 3.63) is 29.0 Å². The molecular weight excluding hydrogens is 287 g/mol. The van der Waals surface area contributed by atoms with E-state index >= 15 is 0 Å². The molecule has 0 aliphatic rings. The predicted molar refractivity (Wildman–Crippen MR) is 57.9 cm³/mol. The molecule has 0 aromatic carbocycles. The van der Waals surface area contributed by atoms with Crippen LogP contribution in [0.1, 0.15) is 11.4 Å². The predicted octanol–water partition coefficient (Wildman–Crippen LogP) is 1.64. The van der Waals surface area contributed by atoms with Crippen molar-refractivity contribution in [3.8, 4) is 6.01 Å². The maximum atomic E-state index is 5.09. The fourth-order valence-electron chi connectivity index (χ4n) is 0.942. The zero-order valence-corrected chi connectivity index (χ0v) is 12.5. The Morgan fingerprint density at radius 2 is 2.20 bits per heavy atom. The normalized spacial score (nSPS) is 10.5. The van der Waals surface area contributed by atoms with Crippen molar-refractivity contribution in [3.63, 3.8) is 0 Å². The summed E-state index contributed by atoms with van der Waals surface area (Å²) in [4.78, 5) is 8.74. The average Bonchev–Trinajstić information content (AvgIpc) is 2.17. The van der Waals surface area contributed by atoms with Crippen LogP contribution in [0.25, 0.3) is 10.2 Å². The quantitative estimate of drug-likeness (QED) is 0.796. The molecule has 0 fully saturated rings. The second-order valence-corrected chi connectivity index (χ2v) is 3.07. The molecule has 15 heavy (non-hydrogen) atoms. The average molecular weight is 298 g/mol. The summed E-state index contributed by atoms with van der Waals surface area (Å²) in [5, 5.41) is 3.83. The zero-order valence-electron chi connectivity index (χ0n) is 8.89. The van der Waals surface area contributed by atoms with Crippen molar-refractivity contribution in [2.75, 3.05) is 14.2 Å². The van der Waals surface area contributed by atoms with Crippen LogP contribution in [-0.4, -0.2) is 24.1 Å². The van der Waals surface area contributed by atoms with Crippen LogP contribution < -0.4 is 4.74 Å². The number of rotatable bonds is 3. The maximum Gasteiger partial charge on any atom is 0.316 e. The van der Waals surface area contributed by atoms with Gasteiger partial charge in [0.25, 0.3) is 0 Å². The second kappa shape index (κ2) is 7.09. The summed E-state index contributed by atoms with van der Waals surface area (Å²) in [7, 11) is 3.19. The summed E-state index contributed by atoms with van der Waals surface area (Å²) >= 11 is 5.09. The van der Waals surface area contributed by atoms with Gasteiger partial charge in [-0.25, -0.2) is 4.98 Å². The van der Waals surface area contributed by atoms with Crippen LogP contribution in [-0.2, 0) is 45.3 Å². The largest absolute Gasteiger partial charge is 0.779 e. The second-order valence-electron chi connectivity index (χ2n) is 2.63. The van der Waals surface area contributed by atoms with Crippen molar-refractivity contribution in [2.24, 2.45) is 0 Å². The van der Waals surface area contributed by atoms with E-state index in [4.69, 9.17) is 17.4 Å². The van der Waals surface area contributed by atoms with E-state index in [0.29, 0.717) is 16.6 Å². The molecule has 0 N–H and O–H groups in total. The van der Waals surface area contributed by atoms with Gasteiger partial charge >= 0.3 is 6.01 Å². The fourth-order valence-corrected chi connectivity index (χ4v) is 1.15. The molecule has 0 spiro atoms. The topological polar surface area (TPSA) is 49.1 Å². The van der Waals surface area contributed by atoms with Crippen molar-refractivity contribution in [2.45, 2.75) is 6.92 Å². The van der Waals surface area contributed by atoms with Crippen molar-refractivity contribution >= 4 is 17.5 Å². The van der Waals surface area contributed by atoms with Crippen LogP contribution in [0.3, 0.4) is 0 Å². The van der Waals surface area contributed by atoms with E-state index < -0.39 is 0 Å². The number of methoxy groups -OCH3 is 1. The molecule has 1 radical (unpaired) electrons. The summed E-state index contributed by atoms with van der Waals surface area (Å²) in [5.41, 5.74) is 1.48. The van der Waals surface area contributed by atoms with E-state index in [2.05, 4.69) is 15.3 Å². The Kier molecular flexibility index (Phi) is 6.97. The molecule has 4 nitrogen and oxygen atoms in total. The minimum Gasteiger partial charge on any atom is -0.779 e. The Morgan fingerprint density at radius 3 is 2.73 bits per heavy atom. The Balaban J connectivity index is 0.00000196. The number of hydrogen-bond acceptors (Lipinski definition) is 4. The first-order chi connectivity index (χ1) is 6.67. The van der Waals surface area contributed by atoms with Gasteiger partial charge in [0.1, 0.15) is 0 Å². The van der Waals surface area contributed by atoms with Gasteiger partial charge in [-0.3, -0.25) is 0 Å². The van der Waals surface area contributed by atoms with E-state index in [1.165, 1.54) is 7.11 Å². The maximum absolute atomic E-state index is 5.09. The minimum atomic E-state index is 0. The Bertz CT molecular complexity index is 357. The van der Waals surface area contributed by atoms with Gasteiger partial charge in [0.15, 0.2) is 0 Å². The fraction of sp³-hybridized carbons (Fsp3) is 0.333. The van der Waals surface area contributed by atoms with Gasteiger partial charge in [-0.2, -0.15) is 16.1 Å². The molecule has 1 aromatic rings. The third kappa shape index (κ3) is 4.41. The summed E-state index contributed by atoms with van der Waals surface area (Å²) in [6, 6.07) is 2.12. The first-order valence-corrected chi connectivity index (χ1v) is 4.44. The smallest absolute Gasteiger partial charge is 0.316 e.